The predicted octanol–water partition coefficient (Wildman–Crippen LogP) is 3.52. The van der Waals surface area contributed by atoms with Crippen LogP contribution >= 0.6 is 0 Å². The number of fused-ring (bicyclic) bond motifs is 1. The van der Waals surface area contributed by atoms with Crippen LogP contribution in [0.15, 0.2) is 10.7 Å². The molecule has 96 valence electrons. The molecule has 0 saturated carbocycles. The summed E-state index contributed by atoms with van der Waals surface area (Å²) in [4.78, 5) is 0. The zero-order valence-electron chi connectivity index (χ0n) is 11.4. The summed E-state index contributed by atoms with van der Waals surface area (Å²) in [6, 6.07) is 0. The number of aromatic nitrogens is 2. The lowest BCUT2D eigenvalue weighted by Crippen LogP contribution is -2.04. The minimum absolute atomic E-state index is 0.912. The van der Waals surface area contributed by atoms with E-state index in [1.54, 1.807) is 5.56 Å². The van der Waals surface area contributed by atoms with Gasteiger partial charge < -0.3 is 9.09 Å². The summed E-state index contributed by atoms with van der Waals surface area (Å²) in [7, 11) is 0. The molecule has 1 aliphatic rings. The van der Waals surface area contributed by atoms with E-state index >= 15 is 0 Å². The van der Waals surface area contributed by atoms with E-state index in [9.17, 15) is 0 Å². The molecule has 2 aromatic heterocycles. The largest absolute Gasteiger partial charge is 0.359 e. The first kappa shape index (κ1) is 11.6. The van der Waals surface area contributed by atoms with Crippen molar-refractivity contribution in [1.82, 2.24) is 9.72 Å². The normalized spacial score (nSPS) is 14.8. The van der Waals surface area contributed by atoms with Gasteiger partial charge in [-0.15, -0.1) is 0 Å². The second-order valence-corrected chi connectivity index (χ2v) is 5.18. The van der Waals surface area contributed by atoms with Gasteiger partial charge in [-0.2, -0.15) is 0 Å². The first-order valence-corrected chi connectivity index (χ1v) is 6.87. The van der Waals surface area contributed by atoms with Crippen molar-refractivity contribution < 1.29 is 4.52 Å². The predicted molar refractivity (Wildman–Crippen MR) is 71.3 cm³/mol. The minimum Gasteiger partial charge on any atom is -0.359 e. The molecule has 2 aromatic rings. The maximum Gasteiger partial charge on any atom is 0.157 e. The molecule has 0 amide bonds. The Bertz CT molecular complexity index is 558. The average Bonchev–Trinajstić information content (AvgIpc) is 2.89. The fourth-order valence-corrected chi connectivity index (χ4v) is 3.19. The molecule has 0 unspecified atom stereocenters. The molecule has 0 spiro atoms. The zero-order valence-corrected chi connectivity index (χ0v) is 11.4. The van der Waals surface area contributed by atoms with Gasteiger partial charge in [0.05, 0.1) is 0 Å². The maximum atomic E-state index is 5.31. The van der Waals surface area contributed by atoms with Crippen LogP contribution in [0.3, 0.4) is 0 Å². The van der Waals surface area contributed by atoms with Crippen molar-refractivity contribution >= 4 is 0 Å². The van der Waals surface area contributed by atoms with E-state index in [1.165, 1.54) is 36.9 Å². The van der Waals surface area contributed by atoms with Crippen molar-refractivity contribution in [2.75, 3.05) is 0 Å². The molecule has 1 aliphatic carbocycles. The van der Waals surface area contributed by atoms with Gasteiger partial charge in [0, 0.05) is 11.9 Å². The van der Waals surface area contributed by atoms with Gasteiger partial charge in [0.25, 0.3) is 0 Å². The highest BCUT2D eigenvalue weighted by Crippen LogP contribution is 2.31. The Kier molecular flexibility index (Phi) is 2.77. The van der Waals surface area contributed by atoms with Crippen LogP contribution in [-0.2, 0) is 19.3 Å². The number of nitrogens with zero attached hydrogens (tertiary/aromatic N) is 2. The number of hydrogen-bond acceptors (Lipinski definition) is 2. The van der Waals surface area contributed by atoms with Crippen molar-refractivity contribution in [2.24, 2.45) is 0 Å². The second-order valence-electron chi connectivity index (χ2n) is 5.18. The van der Waals surface area contributed by atoms with Crippen molar-refractivity contribution in [2.45, 2.75) is 52.9 Å². The molecule has 0 bridgehead atoms. The monoisotopic (exact) mass is 244 g/mol. The van der Waals surface area contributed by atoms with Crippen molar-refractivity contribution in [3.05, 3.63) is 34.5 Å². The number of rotatable bonds is 2. The highest BCUT2D eigenvalue weighted by molar-refractivity contribution is 5.46. The summed E-state index contributed by atoms with van der Waals surface area (Å²) in [6.45, 7) is 6.25. The van der Waals surface area contributed by atoms with Gasteiger partial charge in [0.15, 0.2) is 5.76 Å². The fourth-order valence-electron chi connectivity index (χ4n) is 3.19. The molecule has 0 radical (unpaired) electrons. The van der Waals surface area contributed by atoms with Crippen molar-refractivity contribution in [3.63, 3.8) is 0 Å². The van der Waals surface area contributed by atoms with Gasteiger partial charge in [-0.3, -0.25) is 0 Å². The van der Waals surface area contributed by atoms with Gasteiger partial charge in [0.2, 0.25) is 0 Å². The summed E-state index contributed by atoms with van der Waals surface area (Å²) in [6.07, 6.45) is 8.47. The molecular formula is C15H20N2O. The fraction of sp³-hybridized carbons (Fsp3) is 0.533. The van der Waals surface area contributed by atoms with E-state index in [1.807, 2.05) is 13.8 Å². The SMILES string of the molecule is CCc1c2c(cn1-c1c(C)noc1C)CCCC2. The molecule has 0 N–H and O–H groups in total. The zero-order chi connectivity index (χ0) is 12.7. The standard InChI is InChI=1S/C15H20N2O/c1-4-14-13-8-6-5-7-12(13)9-17(14)15-10(2)16-18-11(15)3/h9H,4-8H2,1-3H3. The first-order chi connectivity index (χ1) is 8.72. The van der Waals surface area contributed by atoms with Gasteiger partial charge in [-0.1, -0.05) is 12.1 Å². The molecule has 0 aromatic carbocycles. The topological polar surface area (TPSA) is 31.0 Å². The maximum absolute atomic E-state index is 5.31. The minimum atomic E-state index is 0.912. The van der Waals surface area contributed by atoms with E-state index in [4.69, 9.17) is 4.52 Å². The summed E-state index contributed by atoms with van der Waals surface area (Å²) < 4.78 is 7.63. The lowest BCUT2D eigenvalue weighted by Gasteiger charge is -2.12. The molecule has 2 heterocycles. The molecule has 0 atom stereocenters. The Morgan fingerprint density at radius 3 is 2.72 bits per heavy atom. The summed E-state index contributed by atoms with van der Waals surface area (Å²) in [5.41, 5.74) is 6.66. The Morgan fingerprint density at radius 2 is 2.06 bits per heavy atom. The first-order valence-electron chi connectivity index (χ1n) is 6.87. The Hall–Kier alpha value is -1.51. The molecular weight excluding hydrogens is 224 g/mol. The van der Waals surface area contributed by atoms with Crippen LogP contribution in [0.2, 0.25) is 0 Å². The Morgan fingerprint density at radius 1 is 1.28 bits per heavy atom. The molecule has 3 heteroatoms. The van der Waals surface area contributed by atoms with E-state index in [0.717, 1.165) is 23.6 Å². The Labute approximate surface area is 108 Å². The molecule has 18 heavy (non-hydrogen) atoms. The summed E-state index contributed by atoms with van der Waals surface area (Å²) in [5.74, 6) is 0.912. The average molecular weight is 244 g/mol. The summed E-state index contributed by atoms with van der Waals surface area (Å²) >= 11 is 0. The third kappa shape index (κ3) is 1.61. The summed E-state index contributed by atoms with van der Waals surface area (Å²) in [5, 5.41) is 4.08. The van der Waals surface area contributed by atoms with Crippen LogP contribution in [0.1, 0.15) is 48.0 Å². The van der Waals surface area contributed by atoms with Gasteiger partial charge >= 0.3 is 0 Å². The highest BCUT2D eigenvalue weighted by atomic mass is 16.5. The van der Waals surface area contributed by atoms with Gasteiger partial charge in [-0.25, -0.2) is 0 Å². The van der Waals surface area contributed by atoms with Crippen LogP contribution in [0, 0.1) is 13.8 Å². The molecule has 3 rings (SSSR count). The molecule has 0 aliphatic heterocycles. The second kappa shape index (κ2) is 4.30. The van der Waals surface area contributed by atoms with Gasteiger partial charge in [0.1, 0.15) is 11.4 Å². The van der Waals surface area contributed by atoms with E-state index in [-0.39, 0.29) is 0 Å². The highest BCUT2D eigenvalue weighted by Gasteiger charge is 2.21. The lowest BCUT2D eigenvalue weighted by atomic mass is 9.93. The van der Waals surface area contributed by atoms with Gasteiger partial charge in [-0.05, 0) is 57.1 Å². The van der Waals surface area contributed by atoms with E-state index in [2.05, 4.69) is 22.8 Å². The quantitative estimate of drug-likeness (QED) is 0.809. The molecule has 0 fully saturated rings. The third-order valence-electron chi connectivity index (χ3n) is 4.01. The number of hydrogen-bond donors (Lipinski definition) is 0. The van der Waals surface area contributed by atoms with Crippen LogP contribution < -0.4 is 0 Å². The van der Waals surface area contributed by atoms with Crippen molar-refractivity contribution in [3.8, 4) is 5.69 Å². The van der Waals surface area contributed by atoms with Crippen LogP contribution in [0.25, 0.3) is 5.69 Å². The lowest BCUT2D eigenvalue weighted by molar-refractivity contribution is 0.393. The number of aryl methyl sites for hydroxylation is 3. The van der Waals surface area contributed by atoms with Crippen LogP contribution in [-0.4, -0.2) is 9.72 Å². The van der Waals surface area contributed by atoms with Crippen LogP contribution in [0.4, 0.5) is 0 Å². The van der Waals surface area contributed by atoms with E-state index < -0.39 is 0 Å². The Balaban J connectivity index is 2.20. The van der Waals surface area contributed by atoms with Crippen LogP contribution in [0.5, 0.6) is 0 Å². The molecule has 0 saturated heterocycles. The van der Waals surface area contributed by atoms with E-state index in [0.29, 0.717) is 0 Å². The smallest absolute Gasteiger partial charge is 0.157 e. The van der Waals surface area contributed by atoms with Crippen molar-refractivity contribution in [1.29, 1.82) is 0 Å². The third-order valence-corrected chi connectivity index (χ3v) is 4.01. The molecule has 3 nitrogen and oxygen atoms in total.